The van der Waals surface area contributed by atoms with Gasteiger partial charge in [-0.05, 0) is 42.0 Å². The van der Waals surface area contributed by atoms with Gasteiger partial charge in [0.15, 0.2) is 5.69 Å². The van der Waals surface area contributed by atoms with Crippen molar-refractivity contribution in [3.8, 4) is 5.75 Å². The highest BCUT2D eigenvalue weighted by atomic mass is 79.9. The van der Waals surface area contributed by atoms with Gasteiger partial charge in [-0.2, -0.15) is 10.2 Å². The molecule has 26 heavy (non-hydrogen) atoms. The summed E-state index contributed by atoms with van der Waals surface area (Å²) in [5.41, 5.74) is 4.08. The highest BCUT2D eigenvalue weighted by Crippen LogP contribution is 2.19. The molecule has 0 atom stereocenters. The molecule has 1 aromatic heterocycles. The van der Waals surface area contributed by atoms with Gasteiger partial charge < -0.3 is 5.11 Å². The minimum Gasteiger partial charge on any atom is -0.507 e. The van der Waals surface area contributed by atoms with Crippen LogP contribution in [-0.2, 0) is 6.54 Å². The maximum absolute atomic E-state index is 12.1. The average Bonchev–Trinajstić information content (AvgIpc) is 3.06. The van der Waals surface area contributed by atoms with Gasteiger partial charge in [-0.25, -0.2) is 5.43 Å². The Morgan fingerprint density at radius 1 is 1.31 bits per heavy atom. The van der Waals surface area contributed by atoms with Crippen LogP contribution < -0.4 is 5.43 Å². The van der Waals surface area contributed by atoms with Gasteiger partial charge in [0, 0.05) is 21.3 Å². The Morgan fingerprint density at radius 3 is 2.96 bits per heavy atom. The van der Waals surface area contributed by atoms with Gasteiger partial charge in [-0.3, -0.25) is 9.48 Å². The number of hydrogen-bond donors (Lipinski definition) is 2. The Bertz CT molecular complexity index is 971. The summed E-state index contributed by atoms with van der Waals surface area (Å²) in [7, 11) is 0. The molecule has 0 bridgehead atoms. The highest BCUT2D eigenvalue weighted by molar-refractivity contribution is 9.10. The van der Waals surface area contributed by atoms with Crippen molar-refractivity contribution in [3.63, 3.8) is 0 Å². The second-order valence-corrected chi connectivity index (χ2v) is 6.78. The van der Waals surface area contributed by atoms with Crippen LogP contribution >= 0.6 is 27.5 Å². The lowest BCUT2D eigenvalue weighted by Gasteiger charge is -2.02. The molecule has 2 N–H and O–H groups in total. The third-order valence-corrected chi connectivity index (χ3v) is 4.19. The first-order valence-corrected chi connectivity index (χ1v) is 8.78. The number of hydrazone groups is 1. The van der Waals surface area contributed by atoms with E-state index in [0.717, 1.165) is 10.0 Å². The Kier molecular flexibility index (Phi) is 5.70. The van der Waals surface area contributed by atoms with E-state index in [9.17, 15) is 9.90 Å². The summed E-state index contributed by atoms with van der Waals surface area (Å²) in [6, 6.07) is 14.0. The standard InChI is InChI=1S/C18H14BrClN4O2/c19-14-3-1-2-12(8-14)11-24-7-6-16(23-24)18(26)22-21-10-13-9-15(20)4-5-17(13)25/h1-10,25H,11H2,(H,22,26). The molecule has 1 amide bonds. The molecule has 3 aromatic rings. The molecule has 1 heterocycles. The smallest absolute Gasteiger partial charge is 0.291 e. The van der Waals surface area contributed by atoms with E-state index in [-0.39, 0.29) is 11.4 Å². The second-order valence-electron chi connectivity index (χ2n) is 5.43. The third-order valence-electron chi connectivity index (χ3n) is 3.47. The van der Waals surface area contributed by atoms with Crippen molar-refractivity contribution in [1.29, 1.82) is 0 Å². The summed E-state index contributed by atoms with van der Waals surface area (Å²) in [6.45, 7) is 0.548. The van der Waals surface area contributed by atoms with Crippen LogP contribution in [-0.4, -0.2) is 27.0 Å². The fraction of sp³-hybridized carbons (Fsp3) is 0.0556. The summed E-state index contributed by atoms with van der Waals surface area (Å²) in [5, 5.41) is 18.2. The lowest BCUT2D eigenvalue weighted by molar-refractivity contribution is 0.0949. The van der Waals surface area contributed by atoms with E-state index >= 15 is 0 Å². The van der Waals surface area contributed by atoms with Crippen molar-refractivity contribution in [1.82, 2.24) is 15.2 Å². The van der Waals surface area contributed by atoms with Gasteiger partial charge in [-0.15, -0.1) is 0 Å². The van der Waals surface area contributed by atoms with Crippen LogP contribution in [0.5, 0.6) is 5.75 Å². The van der Waals surface area contributed by atoms with E-state index in [0.29, 0.717) is 17.1 Å². The zero-order valence-corrected chi connectivity index (χ0v) is 15.8. The van der Waals surface area contributed by atoms with Gasteiger partial charge in [-0.1, -0.05) is 39.7 Å². The number of aromatic nitrogens is 2. The molecule has 0 aliphatic heterocycles. The lowest BCUT2D eigenvalue weighted by Crippen LogP contribution is -2.18. The van der Waals surface area contributed by atoms with E-state index < -0.39 is 5.91 Å². The molecule has 0 radical (unpaired) electrons. The quantitative estimate of drug-likeness (QED) is 0.474. The normalized spacial score (nSPS) is 11.0. The fourth-order valence-electron chi connectivity index (χ4n) is 2.24. The van der Waals surface area contributed by atoms with Gasteiger partial charge >= 0.3 is 0 Å². The number of benzene rings is 2. The molecule has 3 rings (SSSR count). The molecule has 8 heteroatoms. The predicted molar refractivity (Wildman–Crippen MR) is 104 cm³/mol. The number of hydrogen-bond acceptors (Lipinski definition) is 4. The third kappa shape index (κ3) is 4.71. The Morgan fingerprint density at radius 2 is 2.15 bits per heavy atom. The zero-order valence-electron chi connectivity index (χ0n) is 13.4. The van der Waals surface area contributed by atoms with E-state index in [1.165, 1.54) is 12.3 Å². The van der Waals surface area contributed by atoms with Gasteiger partial charge in [0.25, 0.3) is 5.91 Å². The number of phenols is 1. The van der Waals surface area contributed by atoms with Crippen LogP contribution in [0.2, 0.25) is 5.02 Å². The summed E-state index contributed by atoms with van der Waals surface area (Å²) in [6.07, 6.45) is 3.04. The van der Waals surface area contributed by atoms with Crippen LogP contribution in [0.25, 0.3) is 0 Å². The number of phenolic OH excluding ortho intramolecular Hbond substituents is 1. The Balaban J connectivity index is 1.63. The molecule has 0 saturated carbocycles. The summed E-state index contributed by atoms with van der Waals surface area (Å²) in [4.78, 5) is 12.1. The van der Waals surface area contributed by atoms with Gasteiger partial charge in [0.05, 0.1) is 12.8 Å². The molecule has 0 saturated heterocycles. The Labute approximate surface area is 163 Å². The molecule has 0 aliphatic rings. The minimum absolute atomic E-state index is 0.0192. The molecule has 2 aromatic carbocycles. The number of rotatable bonds is 5. The van der Waals surface area contributed by atoms with Crippen LogP contribution in [0.15, 0.2) is 64.3 Å². The highest BCUT2D eigenvalue weighted by Gasteiger charge is 2.09. The van der Waals surface area contributed by atoms with Crippen molar-refractivity contribution in [2.24, 2.45) is 5.10 Å². The van der Waals surface area contributed by atoms with Gasteiger partial charge in [0.1, 0.15) is 5.75 Å². The first-order chi connectivity index (χ1) is 12.5. The van der Waals surface area contributed by atoms with Crippen LogP contribution in [0.3, 0.4) is 0 Å². The molecule has 0 spiro atoms. The van der Waals surface area contributed by atoms with E-state index in [4.69, 9.17) is 11.6 Å². The SMILES string of the molecule is O=C(NN=Cc1cc(Cl)ccc1O)c1ccn(Cc2cccc(Br)c2)n1. The van der Waals surface area contributed by atoms with E-state index in [2.05, 4.69) is 31.6 Å². The zero-order chi connectivity index (χ0) is 18.5. The number of carbonyl (C=O) groups is 1. The van der Waals surface area contributed by atoms with E-state index in [1.54, 1.807) is 29.1 Å². The monoisotopic (exact) mass is 432 g/mol. The number of amides is 1. The predicted octanol–water partition coefficient (Wildman–Crippen LogP) is 3.82. The van der Waals surface area contributed by atoms with Gasteiger partial charge in [0.2, 0.25) is 0 Å². The number of nitrogens with zero attached hydrogens (tertiary/aromatic N) is 3. The molecule has 0 fully saturated rings. The molecular weight excluding hydrogens is 420 g/mol. The molecular formula is C18H14BrClN4O2. The van der Waals surface area contributed by atoms with Crippen molar-refractivity contribution >= 4 is 39.7 Å². The van der Waals surface area contributed by atoms with Crippen molar-refractivity contribution < 1.29 is 9.90 Å². The number of nitrogens with one attached hydrogen (secondary N) is 1. The van der Waals surface area contributed by atoms with Crippen molar-refractivity contribution in [2.75, 3.05) is 0 Å². The van der Waals surface area contributed by atoms with E-state index in [1.807, 2.05) is 24.3 Å². The first kappa shape index (κ1) is 18.2. The fourth-order valence-corrected chi connectivity index (χ4v) is 2.87. The molecule has 0 aliphatic carbocycles. The second kappa shape index (κ2) is 8.16. The first-order valence-electron chi connectivity index (χ1n) is 7.61. The minimum atomic E-state index is -0.448. The topological polar surface area (TPSA) is 79.5 Å². The average molecular weight is 434 g/mol. The summed E-state index contributed by atoms with van der Waals surface area (Å²) in [5.74, 6) is -0.429. The molecule has 0 unspecified atom stereocenters. The Hall–Kier alpha value is -2.64. The van der Waals surface area contributed by atoms with Crippen LogP contribution in [0, 0.1) is 0 Å². The molecule has 6 nitrogen and oxygen atoms in total. The lowest BCUT2D eigenvalue weighted by atomic mass is 10.2. The summed E-state index contributed by atoms with van der Waals surface area (Å²) < 4.78 is 2.65. The maximum atomic E-state index is 12.1. The molecule has 132 valence electrons. The largest absolute Gasteiger partial charge is 0.507 e. The van der Waals surface area contributed by atoms with Crippen LogP contribution in [0.4, 0.5) is 0 Å². The number of carbonyl (C=O) groups excluding carboxylic acids is 1. The van der Waals surface area contributed by atoms with Crippen molar-refractivity contribution in [2.45, 2.75) is 6.54 Å². The van der Waals surface area contributed by atoms with Crippen LogP contribution in [0.1, 0.15) is 21.6 Å². The number of halogens is 2. The summed E-state index contributed by atoms with van der Waals surface area (Å²) >= 11 is 9.28. The number of aromatic hydroxyl groups is 1. The maximum Gasteiger partial charge on any atom is 0.291 e. The van der Waals surface area contributed by atoms with Crippen molar-refractivity contribution in [3.05, 3.63) is 81.0 Å².